The van der Waals surface area contributed by atoms with Crippen LogP contribution in [0.15, 0.2) is 52.3 Å². The van der Waals surface area contributed by atoms with E-state index in [9.17, 15) is 9.18 Å². The molecule has 0 fully saturated rings. The van der Waals surface area contributed by atoms with Crippen molar-refractivity contribution in [3.8, 4) is 22.8 Å². The fraction of sp³-hybridized carbons (Fsp3) is 0.200. The third-order valence-corrected chi connectivity index (χ3v) is 5.12. The Morgan fingerprint density at radius 1 is 1.25 bits per heavy atom. The highest BCUT2D eigenvalue weighted by Gasteiger charge is 2.10. The monoisotopic (exact) mass is 464 g/mol. The van der Waals surface area contributed by atoms with Gasteiger partial charge in [0.05, 0.1) is 19.4 Å². The summed E-state index contributed by atoms with van der Waals surface area (Å²) in [6.07, 6.45) is 0.909. The maximum absolute atomic E-state index is 13.8. The summed E-state index contributed by atoms with van der Waals surface area (Å²) in [6, 6.07) is 12.2. The lowest BCUT2D eigenvalue weighted by Crippen LogP contribution is -2.12. The molecule has 0 aliphatic heterocycles. The van der Waals surface area contributed by atoms with Crippen molar-refractivity contribution in [3.63, 3.8) is 0 Å². The summed E-state index contributed by atoms with van der Waals surface area (Å²) in [6.45, 7) is 0.448. The van der Waals surface area contributed by atoms with Crippen molar-refractivity contribution >= 4 is 38.3 Å². The van der Waals surface area contributed by atoms with E-state index in [4.69, 9.17) is 9.47 Å². The summed E-state index contributed by atoms with van der Waals surface area (Å²) in [5.74, 6) is 0.350. The quantitative estimate of drug-likeness (QED) is 0.446. The Morgan fingerprint density at radius 3 is 2.75 bits per heavy atom. The summed E-state index contributed by atoms with van der Waals surface area (Å²) in [5.41, 5.74) is 1.22. The first-order valence-corrected chi connectivity index (χ1v) is 10.2. The molecule has 0 unspecified atom stereocenters. The van der Waals surface area contributed by atoms with Crippen LogP contribution in [-0.2, 0) is 4.79 Å². The maximum atomic E-state index is 13.8. The first kappa shape index (κ1) is 20.3. The van der Waals surface area contributed by atoms with E-state index in [-0.39, 0.29) is 11.7 Å². The first-order chi connectivity index (χ1) is 13.5. The number of rotatable bonds is 8. The lowest BCUT2D eigenvalue weighted by atomic mass is 10.1. The van der Waals surface area contributed by atoms with E-state index < -0.39 is 5.82 Å². The van der Waals surface area contributed by atoms with Gasteiger partial charge in [-0.15, -0.1) is 11.3 Å². The van der Waals surface area contributed by atoms with Gasteiger partial charge < -0.3 is 14.8 Å². The molecule has 28 heavy (non-hydrogen) atoms. The van der Waals surface area contributed by atoms with Gasteiger partial charge in [0.2, 0.25) is 5.91 Å². The minimum atomic E-state index is -0.454. The van der Waals surface area contributed by atoms with Gasteiger partial charge in [0, 0.05) is 21.8 Å². The lowest BCUT2D eigenvalue weighted by molar-refractivity contribution is -0.116. The van der Waals surface area contributed by atoms with Gasteiger partial charge in [-0.2, -0.15) is 0 Å². The van der Waals surface area contributed by atoms with E-state index in [1.54, 1.807) is 17.5 Å². The van der Waals surface area contributed by atoms with Gasteiger partial charge in [-0.3, -0.25) is 4.79 Å². The fourth-order valence-corrected chi connectivity index (χ4v) is 3.42. The van der Waals surface area contributed by atoms with Crippen LogP contribution in [0.1, 0.15) is 12.8 Å². The maximum Gasteiger partial charge on any atom is 0.226 e. The number of thiazole rings is 1. The zero-order valence-electron chi connectivity index (χ0n) is 15.1. The number of hydrogen-bond acceptors (Lipinski definition) is 5. The molecule has 0 saturated carbocycles. The molecule has 1 amide bonds. The number of methoxy groups -OCH3 is 1. The van der Waals surface area contributed by atoms with Gasteiger partial charge in [0.25, 0.3) is 0 Å². The van der Waals surface area contributed by atoms with E-state index in [0.717, 1.165) is 10.2 Å². The zero-order valence-corrected chi connectivity index (χ0v) is 17.5. The number of anilines is 1. The molecular formula is C20H18BrFN2O3S. The van der Waals surface area contributed by atoms with Crippen LogP contribution in [0.2, 0.25) is 0 Å². The highest BCUT2D eigenvalue weighted by molar-refractivity contribution is 9.10. The first-order valence-electron chi connectivity index (χ1n) is 8.53. The molecule has 3 rings (SSSR count). The highest BCUT2D eigenvalue weighted by Crippen LogP contribution is 2.28. The normalized spacial score (nSPS) is 10.5. The zero-order chi connectivity index (χ0) is 19.9. The Balaban J connectivity index is 1.47. The van der Waals surface area contributed by atoms with Crippen molar-refractivity contribution in [2.45, 2.75) is 12.8 Å². The summed E-state index contributed by atoms with van der Waals surface area (Å²) < 4.78 is 25.3. The van der Waals surface area contributed by atoms with E-state index in [1.807, 2.05) is 24.3 Å². The number of hydrogen-bond donors (Lipinski definition) is 1. The predicted molar refractivity (Wildman–Crippen MR) is 112 cm³/mol. The topological polar surface area (TPSA) is 60.5 Å². The second kappa shape index (κ2) is 9.66. The number of nitrogens with zero attached hydrogens (tertiary/aromatic N) is 1. The summed E-state index contributed by atoms with van der Waals surface area (Å²) in [5, 5.41) is 5.01. The van der Waals surface area contributed by atoms with Crippen LogP contribution in [0.3, 0.4) is 0 Å². The van der Waals surface area contributed by atoms with Crippen molar-refractivity contribution in [1.82, 2.24) is 4.98 Å². The molecule has 0 spiro atoms. The minimum Gasteiger partial charge on any atom is -0.494 e. The van der Waals surface area contributed by atoms with E-state index in [2.05, 4.69) is 26.2 Å². The largest absolute Gasteiger partial charge is 0.494 e. The molecule has 0 radical (unpaired) electrons. The standard InChI is InChI=1S/C20H18BrFN2O3S/c1-26-18-9-4-13(11-16(18)22)17-12-28-20(23-17)24-19(25)3-2-10-27-15-7-5-14(21)6-8-15/h4-9,11-12H,2-3,10H2,1H3,(H,23,24,25). The van der Waals surface area contributed by atoms with Gasteiger partial charge >= 0.3 is 0 Å². The molecule has 0 aliphatic carbocycles. The van der Waals surface area contributed by atoms with Crippen molar-refractivity contribution in [1.29, 1.82) is 0 Å². The van der Waals surface area contributed by atoms with Crippen LogP contribution in [0.5, 0.6) is 11.5 Å². The van der Waals surface area contributed by atoms with Crippen LogP contribution >= 0.6 is 27.3 Å². The number of carbonyl (C=O) groups excluding carboxylic acids is 1. The Labute approximate surface area is 174 Å². The average Bonchev–Trinajstić information content (AvgIpc) is 3.15. The molecule has 0 saturated heterocycles. The van der Waals surface area contributed by atoms with Crippen LogP contribution in [-0.4, -0.2) is 24.6 Å². The van der Waals surface area contributed by atoms with Crippen LogP contribution in [0.25, 0.3) is 11.3 Å². The van der Waals surface area contributed by atoms with E-state index in [1.165, 1.54) is 24.5 Å². The number of benzene rings is 2. The molecule has 146 valence electrons. The van der Waals surface area contributed by atoms with Crippen LogP contribution < -0.4 is 14.8 Å². The summed E-state index contributed by atoms with van der Waals surface area (Å²) in [4.78, 5) is 16.4. The summed E-state index contributed by atoms with van der Waals surface area (Å²) in [7, 11) is 1.42. The van der Waals surface area contributed by atoms with Gasteiger partial charge in [-0.05, 0) is 48.9 Å². The van der Waals surface area contributed by atoms with Gasteiger partial charge in [-0.25, -0.2) is 9.37 Å². The Kier molecular flexibility index (Phi) is 7.00. The number of ether oxygens (including phenoxy) is 2. The van der Waals surface area contributed by atoms with E-state index in [0.29, 0.717) is 35.8 Å². The molecule has 0 atom stereocenters. The summed E-state index contributed by atoms with van der Waals surface area (Å²) >= 11 is 4.66. The molecule has 5 nitrogen and oxygen atoms in total. The third-order valence-electron chi connectivity index (χ3n) is 3.83. The number of aromatic nitrogens is 1. The van der Waals surface area contributed by atoms with Crippen LogP contribution in [0, 0.1) is 5.82 Å². The van der Waals surface area contributed by atoms with E-state index >= 15 is 0 Å². The molecule has 0 aliphatic rings. The molecule has 1 aromatic heterocycles. The molecule has 3 aromatic rings. The van der Waals surface area contributed by atoms with Crippen molar-refractivity contribution in [2.24, 2.45) is 0 Å². The molecule has 1 heterocycles. The lowest BCUT2D eigenvalue weighted by Gasteiger charge is -2.06. The molecule has 8 heteroatoms. The molecule has 0 bridgehead atoms. The number of halogens is 2. The molecule has 2 aromatic carbocycles. The minimum absolute atomic E-state index is 0.138. The van der Waals surface area contributed by atoms with Crippen molar-refractivity contribution in [3.05, 3.63) is 58.1 Å². The SMILES string of the molecule is COc1ccc(-c2csc(NC(=O)CCCOc3ccc(Br)cc3)n2)cc1F. The van der Waals surface area contributed by atoms with Crippen molar-refractivity contribution < 1.29 is 18.7 Å². The predicted octanol–water partition coefficient (Wildman–Crippen LogP) is 5.52. The average molecular weight is 465 g/mol. The van der Waals surface area contributed by atoms with Crippen molar-refractivity contribution in [2.75, 3.05) is 19.0 Å². The molecule has 1 N–H and O–H groups in total. The van der Waals surface area contributed by atoms with Gasteiger partial charge in [0.1, 0.15) is 5.75 Å². The Hall–Kier alpha value is -2.45. The number of nitrogens with one attached hydrogen (secondary N) is 1. The number of amides is 1. The van der Waals surface area contributed by atoms with Gasteiger partial charge in [0.15, 0.2) is 16.7 Å². The van der Waals surface area contributed by atoms with Gasteiger partial charge in [-0.1, -0.05) is 15.9 Å². The Bertz CT molecular complexity index is 947. The fourth-order valence-electron chi connectivity index (χ4n) is 2.42. The Morgan fingerprint density at radius 2 is 2.04 bits per heavy atom. The number of carbonyl (C=O) groups is 1. The molecular weight excluding hydrogens is 447 g/mol. The second-order valence-corrected chi connectivity index (χ2v) is 7.62. The smallest absolute Gasteiger partial charge is 0.226 e. The van der Waals surface area contributed by atoms with Crippen LogP contribution in [0.4, 0.5) is 9.52 Å². The highest BCUT2D eigenvalue weighted by atomic mass is 79.9. The third kappa shape index (κ3) is 5.53. The second-order valence-electron chi connectivity index (χ2n) is 5.84.